The van der Waals surface area contributed by atoms with Crippen LogP contribution in [0.1, 0.15) is 22.0 Å². The third-order valence-corrected chi connectivity index (χ3v) is 6.23. The van der Waals surface area contributed by atoms with Crippen molar-refractivity contribution < 1.29 is 17.9 Å². The van der Waals surface area contributed by atoms with Gasteiger partial charge < -0.3 is 10.1 Å². The number of carbonyl (C=O) groups is 1. The monoisotopic (exact) mass is 403 g/mol. The minimum absolute atomic E-state index is 0.0787. The fourth-order valence-electron chi connectivity index (χ4n) is 3.22. The molecule has 1 saturated heterocycles. The third kappa shape index (κ3) is 4.96. The van der Waals surface area contributed by atoms with Crippen molar-refractivity contribution in [3.8, 4) is 0 Å². The Morgan fingerprint density at radius 3 is 2.32 bits per heavy atom. The fourth-order valence-corrected chi connectivity index (χ4v) is 4.26. The van der Waals surface area contributed by atoms with Gasteiger partial charge in [0.25, 0.3) is 5.91 Å². The van der Waals surface area contributed by atoms with Crippen molar-refractivity contribution in [3.05, 3.63) is 65.7 Å². The van der Waals surface area contributed by atoms with Crippen LogP contribution in [0.4, 0.5) is 0 Å². The van der Waals surface area contributed by atoms with Gasteiger partial charge in [-0.1, -0.05) is 30.3 Å². The molecule has 3 rings (SSSR count). The van der Waals surface area contributed by atoms with Crippen LogP contribution in [0.3, 0.4) is 0 Å². The van der Waals surface area contributed by atoms with E-state index in [1.807, 2.05) is 30.3 Å². The maximum Gasteiger partial charge on any atom is 0.251 e. The van der Waals surface area contributed by atoms with E-state index in [9.17, 15) is 13.2 Å². The van der Waals surface area contributed by atoms with Gasteiger partial charge in [-0.2, -0.15) is 0 Å². The molecular formula is C20H25N3O4S. The predicted octanol–water partition coefficient (Wildman–Crippen LogP) is 1.40. The lowest BCUT2D eigenvalue weighted by molar-refractivity contribution is 0.0172. The van der Waals surface area contributed by atoms with Crippen LogP contribution in [0.15, 0.2) is 59.5 Å². The van der Waals surface area contributed by atoms with E-state index in [2.05, 4.69) is 14.9 Å². The van der Waals surface area contributed by atoms with Crippen molar-refractivity contribution in [2.45, 2.75) is 10.9 Å². The minimum Gasteiger partial charge on any atom is -0.379 e. The second-order valence-electron chi connectivity index (χ2n) is 6.53. The van der Waals surface area contributed by atoms with E-state index in [0.29, 0.717) is 18.8 Å². The highest BCUT2D eigenvalue weighted by Crippen LogP contribution is 2.22. The molecule has 0 saturated carbocycles. The Labute approximate surface area is 165 Å². The number of nitrogens with one attached hydrogen (secondary N) is 2. The molecule has 7 nitrogen and oxygen atoms in total. The molecule has 0 radical (unpaired) electrons. The van der Waals surface area contributed by atoms with Crippen molar-refractivity contribution in [2.24, 2.45) is 0 Å². The molecule has 0 aromatic heterocycles. The van der Waals surface area contributed by atoms with Gasteiger partial charge in [-0.05, 0) is 29.8 Å². The Bertz CT molecular complexity index is 879. The number of amides is 1. The van der Waals surface area contributed by atoms with Crippen molar-refractivity contribution in [3.63, 3.8) is 0 Å². The van der Waals surface area contributed by atoms with E-state index in [-0.39, 0.29) is 23.4 Å². The van der Waals surface area contributed by atoms with E-state index < -0.39 is 10.0 Å². The molecule has 2 aromatic carbocycles. The summed E-state index contributed by atoms with van der Waals surface area (Å²) < 4.78 is 33.6. The molecular weight excluding hydrogens is 378 g/mol. The van der Waals surface area contributed by atoms with Crippen molar-refractivity contribution in [1.82, 2.24) is 14.9 Å². The highest BCUT2D eigenvalue weighted by molar-refractivity contribution is 7.89. The summed E-state index contributed by atoms with van der Waals surface area (Å²) in [4.78, 5) is 14.0. The fraction of sp³-hybridized carbons (Fsp3) is 0.350. The van der Waals surface area contributed by atoms with Crippen LogP contribution in [0, 0.1) is 0 Å². The maximum absolute atomic E-state index is 12.7. The van der Waals surface area contributed by atoms with Gasteiger partial charge in [0.2, 0.25) is 10.0 Å². The highest BCUT2D eigenvalue weighted by atomic mass is 32.2. The molecule has 1 fully saturated rings. The first-order chi connectivity index (χ1) is 13.5. The molecule has 8 heteroatoms. The summed E-state index contributed by atoms with van der Waals surface area (Å²) in [5.74, 6) is -0.256. The summed E-state index contributed by atoms with van der Waals surface area (Å²) in [6.07, 6.45) is 0. The molecule has 1 aliphatic heterocycles. The first kappa shape index (κ1) is 20.5. The van der Waals surface area contributed by atoms with Gasteiger partial charge in [-0.3, -0.25) is 9.69 Å². The number of ether oxygens (including phenoxy) is 1. The van der Waals surface area contributed by atoms with E-state index in [4.69, 9.17) is 4.74 Å². The third-order valence-electron chi connectivity index (χ3n) is 4.79. The van der Waals surface area contributed by atoms with Crippen LogP contribution >= 0.6 is 0 Å². The molecule has 1 amide bonds. The van der Waals surface area contributed by atoms with Gasteiger partial charge in [-0.15, -0.1) is 0 Å². The first-order valence-corrected chi connectivity index (χ1v) is 10.7. The number of hydrogen-bond acceptors (Lipinski definition) is 5. The lowest BCUT2D eigenvalue weighted by Crippen LogP contribution is -2.43. The van der Waals surface area contributed by atoms with Crippen molar-refractivity contribution in [1.29, 1.82) is 0 Å². The van der Waals surface area contributed by atoms with Crippen LogP contribution in [0.5, 0.6) is 0 Å². The van der Waals surface area contributed by atoms with Crippen molar-refractivity contribution in [2.75, 3.05) is 39.9 Å². The lowest BCUT2D eigenvalue weighted by Gasteiger charge is -2.34. The molecule has 0 bridgehead atoms. The van der Waals surface area contributed by atoms with Crippen LogP contribution in [0.2, 0.25) is 0 Å². The number of sulfonamides is 1. The number of morpholine rings is 1. The molecule has 0 aliphatic carbocycles. The molecule has 28 heavy (non-hydrogen) atoms. The highest BCUT2D eigenvalue weighted by Gasteiger charge is 2.25. The zero-order valence-electron chi connectivity index (χ0n) is 15.8. The number of carbonyl (C=O) groups excluding carboxylic acids is 1. The second kappa shape index (κ2) is 9.29. The van der Waals surface area contributed by atoms with Gasteiger partial charge in [0.05, 0.1) is 18.1 Å². The Balaban J connectivity index is 1.75. The number of hydrogen-bond donors (Lipinski definition) is 2. The molecule has 150 valence electrons. The number of nitrogens with zero attached hydrogens (tertiary/aromatic N) is 1. The van der Waals surface area contributed by atoms with E-state index in [1.54, 1.807) is 0 Å². The Hall–Kier alpha value is -2.26. The minimum atomic E-state index is -3.69. The van der Waals surface area contributed by atoms with Gasteiger partial charge in [0.1, 0.15) is 0 Å². The van der Waals surface area contributed by atoms with E-state index >= 15 is 0 Å². The SMILES string of the molecule is CNC(=O)c1ccc(S(=O)(=O)NCC(c2ccccc2)N2CCOCC2)cc1. The Kier molecular flexibility index (Phi) is 6.79. The van der Waals surface area contributed by atoms with Gasteiger partial charge in [0.15, 0.2) is 0 Å². The summed E-state index contributed by atoms with van der Waals surface area (Å²) in [7, 11) is -2.16. The summed E-state index contributed by atoms with van der Waals surface area (Å²) in [6, 6.07) is 15.7. The molecule has 1 atom stereocenters. The van der Waals surface area contributed by atoms with Crippen LogP contribution in [-0.2, 0) is 14.8 Å². The predicted molar refractivity (Wildman–Crippen MR) is 107 cm³/mol. The Morgan fingerprint density at radius 2 is 1.71 bits per heavy atom. The number of benzene rings is 2. The molecule has 1 unspecified atom stereocenters. The van der Waals surface area contributed by atoms with Crippen LogP contribution in [-0.4, -0.2) is 59.1 Å². The topological polar surface area (TPSA) is 87.7 Å². The zero-order valence-corrected chi connectivity index (χ0v) is 16.6. The summed E-state index contributed by atoms with van der Waals surface area (Å²) in [5.41, 5.74) is 1.47. The zero-order chi connectivity index (χ0) is 20.0. The molecule has 2 aromatic rings. The molecule has 1 aliphatic rings. The Morgan fingerprint density at radius 1 is 1.07 bits per heavy atom. The van der Waals surface area contributed by atoms with Gasteiger partial charge in [0, 0.05) is 38.3 Å². The molecule has 0 spiro atoms. The van der Waals surface area contributed by atoms with Crippen LogP contribution < -0.4 is 10.0 Å². The average Bonchev–Trinajstić information content (AvgIpc) is 2.75. The van der Waals surface area contributed by atoms with Crippen molar-refractivity contribution >= 4 is 15.9 Å². The largest absolute Gasteiger partial charge is 0.379 e. The standard InChI is InChI=1S/C20H25N3O4S/c1-21-20(24)17-7-9-18(10-8-17)28(25,26)22-15-19(16-5-3-2-4-6-16)23-11-13-27-14-12-23/h2-10,19,22H,11-15H2,1H3,(H,21,24). The quantitative estimate of drug-likeness (QED) is 0.730. The average molecular weight is 404 g/mol. The molecule has 2 N–H and O–H groups in total. The second-order valence-corrected chi connectivity index (χ2v) is 8.30. The van der Waals surface area contributed by atoms with Gasteiger partial charge in [-0.25, -0.2) is 13.1 Å². The molecule has 1 heterocycles. The number of rotatable bonds is 7. The van der Waals surface area contributed by atoms with E-state index in [1.165, 1.54) is 31.3 Å². The summed E-state index contributed by atoms with van der Waals surface area (Å²) >= 11 is 0. The smallest absolute Gasteiger partial charge is 0.251 e. The lowest BCUT2D eigenvalue weighted by atomic mass is 10.1. The summed E-state index contributed by atoms with van der Waals surface area (Å²) in [6.45, 7) is 3.03. The summed E-state index contributed by atoms with van der Waals surface area (Å²) in [5, 5.41) is 2.51. The van der Waals surface area contributed by atoms with Gasteiger partial charge >= 0.3 is 0 Å². The van der Waals surface area contributed by atoms with Crippen LogP contribution in [0.25, 0.3) is 0 Å². The maximum atomic E-state index is 12.7. The first-order valence-electron chi connectivity index (χ1n) is 9.20. The normalized spacial score (nSPS) is 16.5. The van der Waals surface area contributed by atoms with E-state index in [0.717, 1.165) is 18.7 Å².